The van der Waals surface area contributed by atoms with Gasteiger partial charge in [0.2, 0.25) is 0 Å². The summed E-state index contributed by atoms with van der Waals surface area (Å²) in [6, 6.07) is -0.115. The van der Waals surface area contributed by atoms with Gasteiger partial charge in [-0.15, -0.1) is 0 Å². The molecule has 2 nitrogen and oxygen atoms in total. The van der Waals surface area contributed by atoms with Crippen molar-refractivity contribution >= 4 is 0 Å². The third kappa shape index (κ3) is 2.68. The second-order valence-electron chi connectivity index (χ2n) is 4.70. The van der Waals surface area contributed by atoms with Gasteiger partial charge in [-0.05, 0) is 32.6 Å². The topological polar surface area (TPSA) is 46.2 Å². The lowest BCUT2D eigenvalue weighted by atomic mass is 9.79. The van der Waals surface area contributed by atoms with Crippen LogP contribution in [0.3, 0.4) is 0 Å². The van der Waals surface area contributed by atoms with E-state index in [0.29, 0.717) is 5.92 Å². The van der Waals surface area contributed by atoms with Gasteiger partial charge in [0.1, 0.15) is 0 Å². The molecular formula is C11H23NO. The molecule has 0 spiro atoms. The van der Waals surface area contributed by atoms with Gasteiger partial charge in [-0.2, -0.15) is 0 Å². The molecule has 2 atom stereocenters. The maximum atomic E-state index is 10.2. The predicted octanol–water partition coefficient (Wildman–Crippen LogP) is 2.05. The average molecular weight is 185 g/mol. The average Bonchev–Trinajstić information content (AvgIpc) is 2.31. The molecule has 0 saturated heterocycles. The van der Waals surface area contributed by atoms with Crippen LogP contribution in [-0.4, -0.2) is 16.7 Å². The molecule has 2 heteroatoms. The van der Waals surface area contributed by atoms with Crippen LogP contribution in [0.4, 0.5) is 0 Å². The van der Waals surface area contributed by atoms with Crippen LogP contribution < -0.4 is 5.73 Å². The fraction of sp³-hybridized carbons (Fsp3) is 1.00. The Bertz CT molecular complexity index is 146. The highest BCUT2D eigenvalue weighted by molar-refractivity contribution is 4.89. The molecule has 0 bridgehead atoms. The van der Waals surface area contributed by atoms with Crippen LogP contribution in [-0.2, 0) is 0 Å². The second kappa shape index (κ2) is 4.43. The molecule has 3 N–H and O–H groups in total. The van der Waals surface area contributed by atoms with Crippen molar-refractivity contribution in [3.63, 3.8) is 0 Å². The first kappa shape index (κ1) is 11.0. The van der Waals surface area contributed by atoms with E-state index in [2.05, 4.69) is 0 Å². The van der Waals surface area contributed by atoms with Crippen molar-refractivity contribution in [1.29, 1.82) is 0 Å². The van der Waals surface area contributed by atoms with Crippen molar-refractivity contribution in [3.8, 4) is 0 Å². The van der Waals surface area contributed by atoms with E-state index in [1.165, 1.54) is 25.7 Å². The molecule has 1 saturated carbocycles. The Morgan fingerprint density at radius 1 is 1.23 bits per heavy atom. The van der Waals surface area contributed by atoms with E-state index in [1.54, 1.807) is 0 Å². The van der Waals surface area contributed by atoms with Gasteiger partial charge >= 0.3 is 0 Å². The SMILES string of the molecule is CC(N)C(C)(O)C1CCCCCC1. The molecule has 0 aromatic heterocycles. The summed E-state index contributed by atoms with van der Waals surface area (Å²) in [5.74, 6) is 0.412. The number of hydrogen-bond acceptors (Lipinski definition) is 2. The molecule has 13 heavy (non-hydrogen) atoms. The van der Waals surface area contributed by atoms with E-state index in [9.17, 15) is 5.11 Å². The summed E-state index contributed by atoms with van der Waals surface area (Å²) in [6.07, 6.45) is 7.46. The molecule has 0 aromatic rings. The first-order valence-electron chi connectivity index (χ1n) is 5.53. The standard InChI is InChI=1S/C11H23NO/c1-9(12)11(2,13)10-7-5-3-4-6-8-10/h9-10,13H,3-8,12H2,1-2H3. The van der Waals surface area contributed by atoms with E-state index < -0.39 is 5.60 Å². The fourth-order valence-electron chi connectivity index (χ4n) is 2.24. The third-order valence-corrected chi connectivity index (χ3v) is 3.60. The molecule has 1 fully saturated rings. The second-order valence-corrected chi connectivity index (χ2v) is 4.70. The molecular weight excluding hydrogens is 162 g/mol. The summed E-state index contributed by atoms with van der Waals surface area (Å²) >= 11 is 0. The predicted molar refractivity (Wildman–Crippen MR) is 55.5 cm³/mol. The Hall–Kier alpha value is -0.0800. The van der Waals surface area contributed by atoms with Crippen LogP contribution in [0.5, 0.6) is 0 Å². The van der Waals surface area contributed by atoms with Crippen LogP contribution in [0.1, 0.15) is 52.4 Å². The molecule has 0 amide bonds. The minimum Gasteiger partial charge on any atom is -0.388 e. The summed E-state index contributed by atoms with van der Waals surface area (Å²) in [7, 11) is 0. The summed E-state index contributed by atoms with van der Waals surface area (Å²) in [4.78, 5) is 0. The molecule has 2 unspecified atom stereocenters. The van der Waals surface area contributed by atoms with E-state index >= 15 is 0 Å². The summed E-state index contributed by atoms with van der Waals surface area (Å²) < 4.78 is 0. The van der Waals surface area contributed by atoms with Crippen LogP contribution in [0.15, 0.2) is 0 Å². The summed E-state index contributed by atoms with van der Waals surface area (Å²) in [6.45, 7) is 3.80. The van der Waals surface area contributed by atoms with Crippen molar-refractivity contribution in [1.82, 2.24) is 0 Å². The number of aliphatic hydroxyl groups is 1. The Balaban J connectivity index is 2.57. The molecule has 0 aliphatic heterocycles. The molecule has 0 aromatic carbocycles. The highest BCUT2D eigenvalue weighted by Gasteiger charge is 2.35. The minimum atomic E-state index is -0.662. The van der Waals surface area contributed by atoms with Crippen molar-refractivity contribution in [3.05, 3.63) is 0 Å². The van der Waals surface area contributed by atoms with Crippen molar-refractivity contribution < 1.29 is 5.11 Å². The van der Waals surface area contributed by atoms with Gasteiger partial charge in [-0.1, -0.05) is 25.7 Å². The molecule has 0 radical (unpaired) electrons. The van der Waals surface area contributed by atoms with Gasteiger partial charge in [0.25, 0.3) is 0 Å². The highest BCUT2D eigenvalue weighted by atomic mass is 16.3. The molecule has 78 valence electrons. The zero-order chi connectivity index (χ0) is 9.90. The Kier molecular flexibility index (Phi) is 3.74. The Morgan fingerprint density at radius 2 is 1.69 bits per heavy atom. The van der Waals surface area contributed by atoms with Crippen LogP contribution in [0.2, 0.25) is 0 Å². The van der Waals surface area contributed by atoms with Gasteiger partial charge in [0.05, 0.1) is 5.60 Å². The molecule has 1 rings (SSSR count). The van der Waals surface area contributed by atoms with Crippen LogP contribution >= 0.6 is 0 Å². The maximum Gasteiger partial charge on any atom is 0.0795 e. The lowest BCUT2D eigenvalue weighted by Crippen LogP contribution is -2.49. The highest BCUT2D eigenvalue weighted by Crippen LogP contribution is 2.32. The maximum absolute atomic E-state index is 10.2. The zero-order valence-corrected chi connectivity index (χ0v) is 8.92. The van der Waals surface area contributed by atoms with Crippen molar-refractivity contribution in [2.45, 2.75) is 64.0 Å². The van der Waals surface area contributed by atoms with Crippen LogP contribution in [0.25, 0.3) is 0 Å². The molecule has 1 aliphatic carbocycles. The lowest BCUT2D eigenvalue weighted by molar-refractivity contribution is -0.0253. The van der Waals surface area contributed by atoms with Crippen LogP contribution in [0, 0.1) is 5.92 Å². The molecule has 1 aliphatic rings. The fourth-order valence-corrected chi connectivity index (χ4v) is 2.24. The monoisotopic (exact) mass is 185 g/mol. The quantitative estimate of drug-likeness (QED) is 0.647. The first-order valence-corrected chi connectivity index (χ1v) is 5.53. The minimum absolute atomic E-state index is 0.115. The Morgan fingerprint density at radius 3 is 2.08 bits per heavy atom. The van der Waals surface area contributed by atoms with E-state index in [4.69, 9.17) is 5.73 Å². The van der Waals surface area contributed by atoms with Gasteiger partial charge in [0.15, 0.2) is 0 Å². The lowest BCUT2D eigenvalue weighted by Gasteiger charge is -2.35. The van der Waals surface area contributed by atoms with E-state index in [0.717, 1.165) is 12.8 Å². The Labute approximate surface area is 81.5 Å². The molecule has 0 heterocycles. The van der Waals surface area contributed by atoms with Gasteiger partial charge in [-0.25, -0.2) is 0 Å². The number of rotatable bonds is 2. The summed E-state index contributed by atoms with van der Waals surface area (Å²) in [5, 5.41) is 10.2. The van der Waals surface area contributed by atoms with Gasteiger partial charge in [-0.3, -0.25) is 0 Å². The first-order chi connectivity index (χ1) is 6.05. The number of nitrogens with two attached hydrogens (primary N) is 1. The largest absolute Gasteiger partial charge is 0.388 e. The number of hydrogen-bond donors (Lipinski definition) is 2. The summed E-state index contributed by atoms with van der Waals surface area (Å²) in [5.41, 5.74) is 5.14. The smallest absolute Gasteiger partial charge is 0.0795 e. The zero-order valence-electron chi connectivity index (χ0n) is 8.92. The van der Waals surface area contributed by atoms with Gasteiger partial charge in [0, 0.05) is 6.04 Å². The third-order valence-electron chi connectivity index (χ3n) is 3.60. The van der Waals surface area contributed by atoms with Crippen molar-refractivity contribution in [2.24, 2.45) is 11.7 Å². The van der Waals surface area contributed by atoms with Gasteiger partial charge < -0.3 is 10.8 Å². The van der Waals surface area contributed by atoms with E-state index in [1.807, 2.05) is 13.8 Å². The van der Waals surface area contributed by atoms with E-state index in [-0.39, 0.29) is 6.04 Å². The normalized spacial score (nSPS) is 27.7. The van der Waals surface area contributed by atoms with Crippen molar-refractivity contribution in [2.75, 3.05) is 0 Å².